The van der Waals surface area contributed by atoms with Crippen molar-refractivity contribution in [2.75, 3.05) is 4.90 Å². The molecule has 0 atom stereocenters. The van der Waals surface area contributed by atoms with Crippen LogP contribution in [0.2, 0.25) is 0 Å². The summed E-state index contributed by atoms with van der Waals surface area (Å²) in [5, 5.41) is 5.15. The average molecular weight is 835 g/mol. The third-order valence-corrected chi connectivity index (χ3v) is 14.9. The summed E-state index contributed by atoms with van der Waals surface area (Å²) < 4.78 is 5.08. The number of allylic oxidation sites excluding steroid dienone is 4. The van der Waals surface area contributed by atoms with Gasteiger partial charge in [-0.05, 0) is 124 Å². The Morgan fingerprint density at radius 2 is 1.11 bits per heavy atom. The fraction of sp³-hybridized carbons (Fsp3) is 0.0492. The molecule has 0 spiro atoms. The third-order valence-electron chi connectivity index (χ3n) is 13.7. The van der Waals surface area contributed by atoms with Gasteiger partial charge in [0.25, 0.3) is 0 Å². The molecule has 2 aromatic heterocycles. The van der Waals surface area contributed by atoms with Gasteiger partial charge < -0.3 is 9.47 Å². The van der Waals surface area contributed by atoms with Crippen LogP contribution in [0, 0.1) is 0 Å². The third kappa shape index (κ3) is 5.51. The minimum absolute atomic E-state index is 0.514. The first-order valence-electron chi connectivity index (χ1n) is 22.3. The number of thiophene rings is 1. The number of benzene rings is 9. The summed E-state index contributed by atoms with van der Waals surface area (Å²) in [6.07, 6.45) is 9.10. The Balaban J connectivity index is 1.09. The Hall–Kier alpha value is -7.72. The highest BCUT2D eigenvalue weighted by atomic mass is 32.1. The molecule has 0 fully saturated rings. The lowest BCUT2D eigenvalue weighted by Gasteiger charge is -2.35. The van der Waals surface area contributed by atoms with Crippen molar-refractivity contribution in [2.45, 2.75) is 18.3 Å². The number of para-hydroxylation sites is 1. The molecule has 0 radical (unpaired) electrons. The van der Waals surface area contributed by atoms with Crippen molar-refractivity contribution in [1.29, 1.82) is 0 Å². The van der Waals surface area contributed by atoms with Gasteiger partial charge in [-0.1, -0.05) is 164 Å². The molecular weight excluding hydrogens is 793 g/mol. The Kier molecular flexibility index (Phi) is 8.47. The highest BCUT2D eigenvalue weighted by Crippen LogP contribution is 2.57. The number of anilines is 3. The van der Waals surface area contributed by atoms with Crippen molar-refractivity contribution in [2.24, 2.45) is 0 Å². The average Bonchev–Trinajstić information content (AvgIpc) is 4.01. The minimum atomic E-state index is -0.514. The summed E-state index contributed by atoms with van der Waals surface area (Å²) in [7, 11) is 0. The zero-order valence-electron chi connectivity index (χ0n) is 35.2. The number of hydrogen-bond donors (Lipinski definition) is 0. The lowest BCUT2D eigenvalue weighted by molar-refractivity contribution is 0.768. The van der Waals surface area contributed by atoms with Gasteiger partial charge in [-0.15, -0.1) is 11.3 Å². The molecule has 0 unspecified atom stereocenters. The normalized spacial score (nSPS) is 14.0. The lowest BCUT2D eigenvalue weighted by Crippen LogP contribution is -2.28. The van der Waals surface area contributed by atoms with Gasteiger partial charge in [0.05, 0.1) is 16.4 Å². The molecule has 0 bridgehead atoms. The van der Waals surface area contributed by atoms with Gasteiger partial charge in [0, 0.05) is 53.7 Å². The van der Waals surface area contributed by atoms with E-state index in [-0.39, 0.29) is 0 Å². The van der Waals surface area contributed by atoms with Crippen molar-refractivity contribution in [3.63, 3.8) is 0 Å². The molecule has 302 valence electrons. The van der Waals surface area contributed by atoms with Gasteiger partial charge in [-0.25, -0.2) is 0 Å². The van der Waals surface area contributed by atoms with E-state index in [1.54, 1.807) is 0 Å². The van der Waals surface area contributed by atoms with Crippen LogP contribution in [0.3, 0.4) is 0 Å². The van der Waals surface area contributed by atoms with Crippen molar-refractivity contribution in [3.8, 4) is 16.8 Å². The summed E-state index contributed by atoms with van der Waals surface area (Å²) in [6.45, 7) is 0. The second kappa shape index (κ2) is 14.7. The Morgan fingerprint density at radius 1 is 0.469 bits per heavy atom. The molecule has 0 amide bonds. The molecule has 3 heteroatoms. The van der Waals surface area contributed by atoms with Crippen LogP contribution in [0.25, 0.3) is 64.4 Å². The van der Waals surface area contributed by atoms with Crippen LogP contribution in [0.5, 0.6) is 0 Å². The maximum Gasteiger partial charge on any atom is 0.0714 e. The quantitative estimate of drug-likeness (QED) is 0.155. The van der Waals surface area contributed by atoms with E-state index in [1.807, 2.05) is 11.3 Å². The molecule has 0 saturated carbocycles. The number of hydrogen-bond acceptors (Lipinski definition) is 2. The Bertz CT molecular complexity index is 3610. The number of fused-ring (bicyclic) bond motifs is 10. The highest BCUT2D eigenvalue weighted by molar-refractivity contribution is 7.26. The molecule has 9 aromatic carbocycles. The number of rotatable bonds is 7. The van der Waals surface area contributed by atoms with E-state index >= 15 is 0 Å². The zero-order valence-corrected chi connectivity index (χ0v) is 36.0. The SMILES string of the molecule is C1=CC(c2ccc(N(c3ccc4c(c3)C(c3ccccc3)(c3ccccc3)c3ccccc3-4)c3ccc4c(c3)c3c5sc6ccccc6c5ccc3n4-c3ccccc3)cc2)=CCC1. The molecule has 2 aliphatic rings. The van der Waals surface area contributed by atoms with E-state index in [0.717, 1.165) is 35.6 Å². The van der Waals surface area contributed by atoms with Crippen molar-refractivity contribution >= 4 is 76.0 Å². The smallest absolute Gasteiger partial charge is 0.0714 e. The maximum atomic E-state index is 2.48. The first kappa shape index (κ1) is 36.9. The largest absolute Gasteiger partial charge is 0.310 e. The fourth-order valence-corrected chi connectivity index (χ4v) is 12.2. The zero-order chi connectivity index (χ0) is 42.2. The van der Waals surface area contributed by atoms with Gasteiger partial charge in [0.1, 0.15) is 0 Å². The van der Waals surface area contributed by atoms with Gasteiger partial charge in [0.2, 0.25) is 0 Å². The van der Waals surface area contributed by atoms with E-state index in [1.165, 1.54) is 86.5 Å². The Morgan fingerprint density at radius 3 is 1.88 bits per heavy atom. The minimum Gasteiger partial charge on any atom is -0.310 e. The summed E-state index contributed by atoms with van der Waals surface area (Å²) in [5.41, 5.74) is 16.6. The van der Waals surface area contributed by atoms with Crippen molar-refractivity contribution in [3.05, 3.63) is 258 Å². The van der Waals surface area contributed by atoms with Crippen LogP contribution in [0.1, 0.15) is 40.7 Å². The number of aromatic nitrogens is 1. The second-order valence-corrected chi connectivity index (χ2v) is 18.1. The van der Waals surface area contributed by atoms with Crippen molar-refractivity contribution in [1.82, 2.24) is 4.57 Å². The lowest BCUT2D eigenvalue weighted by atomic mass is 9.67. The van der Waals surface area contributed by atoms with E-state index in [4.69, 9.17) is 0 Å². The molecule has 0 saturated heterocycles. The number of nitrogens with zero attached hydrogens (tertiary/aromatic N) is 2. The first-order chi connectivity index (χ1) is 31.8. The van der Waals surface area contributed by atoms with Crippen LogP contribution in [0.4, 0.5) is 17.1 Å². The first-order valence-corrected chi connectivity index (χ1v) is 23.1. The topological polar surface area (TPSA) is 8.17 Å². The Labute approximate surface area is 376 Å². The monoisotopic (exact) mass is 834 g/mol. The summed E-state index contributed by atoms with van der Waals surface area (Å²) in [4.78, 5) is 2.48. The molecule has 2 nitrogen and oxygen atoms in total. The van der Waals surface area contributed by atoms with Gasteiger partial charge >= 0.3 is 0 Å². The summed E-state index contributed by atoms with van der Waals surface area (Å²) >= 11 is 1.90. The molecule has 64 heavy (non-hydrogen) atoms. The van der Waals surface area contributed by atoms with E-state index in [9.17, 15) is 0 Å². The van der Waals surface area contributed by atoms with E-state index < -0.39 is 5.41 Å². The van der Waals surface area contributed by atoms with Crippen LogP contribution < -0.4 is 4.90 Å². The van der Waals surface area contributed by atoms with Gasteiger partial charge in [0.15, 0.2) is 0 Å². The highest BCUT2D eigenvalue weighted by Gasteiger charge is 2.46. The van der Waals surface area contributed by atoms with Crippen LogP contribution in [-0.2, 0) is 5.41 Å². The molecule has 2 heterocycles. The van der Waals surface area contributed by atoms with E-state index in [2.05, 4.69) is 240 Å². The molecule has 0 aliphatic heterocycles. The fourth-order valence-electron chi connectivity index (χ4n) is 10.9. The van der Waals surface area contributed by atoms with Crippen LogP contribution in [-0.4, -0.2) is 4.57 Å². The molecule has 2 aliphatic carbocycles. The van der Waals surface area contributed by atoms with Crippen LogP contribution >= 0.6 is 11.3 Å². The predicted molar refractivity (Wildman–Crippen MR) is 272 cm³/mol. The second-order valence-electron chi connectivity index (χ2n) is 17.1. The van der Waals surface area contributed by atoms with Crippen LogP contribution in [0.15, 0.2) is 231 Å². The standard InChI is InChI=1S/C61H42N2S/c1-5-17-41(18-6-1)42-29-31-46(32-30-42)62(48-33-35-50-49-25-13-15-27-54(49)61(55(50)40-48,43-19-7-2-8-20-43)44-21-9-3-10-22-44)47-34-37-56-53(39-47)59-57(63(56)45-23-11-4-12-24-45)38-36-52-51-26-14-16-28-58(51)64-60(52)59/h2-5,7-40H,1,6H2. The van der Waals surface area contributed by atoms with E-state index in [0.29, 0.717) is 0 Å². The summed E-state index contributed by atoms with van der Waals surface area (Å²) in [6, 6.07) is 79.1. The van der Waals surface area contributed by atoms with Crippen molar-refractivity contribution < 1.29 is 0 Å². The van der Waals surface area contributed by atoms with Gasteiger partial charge in [-0.2, -0.15) is 0 Å². The summed E-state index contributed by atoms with van der Waals surface area (Å²) in [5.74, 6) is 0. The molecule has 0 N–H and O–H groups in total. The maximum absolute atomic E-state index is 2.48. The predicted octanol–water partition coefficient (Wildman–Crippen LogP) is 16.7. The van der Waals surface area contributed by atoms with Gasteiger partial charge in [-0.3, -0.25) is 0 Å². The molecular formula is C61H42N2S. The molecule has 13 rings (SSSR count). The molecule has 11 aromatic rings.